The second kappa shape index (κ2) is 3.56. The molecule has 0 radical (unpaired) electrons. The predicted molar refractivity (Wildman–Crippen MR) is 52.4 cm³/mol. The standard InChI is InChI=1S/C8H16N2OS/c1-4-9-5-7(12)10(6(2)3)8(9)11/h6-7,12H,4-5H2,1-3H3. The molecule has 3 nitrogen and oxygen atoms in total. The largest absolute Gasteiger partial charge is 0.322 e. The van der Waals surface area contributed by atoms with Crippen molar-refractivity contribution >= 4 is 18.7 Å². The fraction of sp³-hybridized carbons (Fsp3) is 0.875. The van der Waals surface area contributed by atoms with Crippen LogP contribution >= 0.6 is 12.6 Å². The van der Waals surface area contributed by atoms with E-state index in [1.807, 2.05) is 30.6 Å². The Morgan fingerprint density at radius 3 is 2.50 bits per heavy atom. The van der Waals surface area contributed by atoms with Gasteiger partial charge >= 0.3 is 6.03 Å². The van der Waals surface area contributed by atoms with E-state index in [1.165, 1.54) is 0 Å². The molecule has 1 aliphatic heterocycles. The van der Waals surface area contributed by atoms with Crippen LogP contribution in [0.3, 0.4) is 0 Å². The molecule has 0 aromatic rings. The molecule has 1 fully saturated rings. The fourth-order valence-corrected chi connectivity index (χ4v) is 2.05. The summed E-state index contributed by atoms with van der Waals surface area (Å²) in [6.07, 6.45) is 0. The molecule has 12 heavy (non-hydrogen) atoms. The van der Waals surface area contributed by atoms with E-state index in [2.05, 4.69) is 12.6 Å². The second-order valence-corrected chi connectivity index (χ2v) is 3.90. The van der Waals surface area contributed by atoms with Gasteiger partial charge in [0, 0.05) is 12.6 Å². The molecule has 70 valence electrons. The number of carbonyl (C=O) groups is 1. The zero-order valence-corrected chi connectivity index (χ0v) is 8.71. The van der Waals surface area contributed by atoms with E-state index in [1.54, 1.807) is 0 Å². The molecule has 1 unspecified atom stereocenters. The van der Waals surface area contributed by atoms with E-state index >= 15 is 0 Å². The summed E-state index contributed by atoms with van der Waals surface area (Å²) >= 11 is 4.36. The molecular weight excluding hydrogens is 172 g/mol. The smallest absolute Gasteiger partial charge is 0.321 e. The zero-order chi connectivity index (χ0) is 9.30. The number of thiol groups is 1. The number of urea groups is 1. The van der Waals surface area contributed by atoms with Gasteiger partial charge in [-0.05, 0) is 20.8 Å². The first-order valence-electron chi connectivity index (χ1n) is 4.33. The van der Waals surface area contributed by atoms with Crippen molar-refractivity contribution in [2.24, 2.45) is 0 Å². The van der Waals surface area contributed by atoms with E-state index < -0.39 is 0 Å². The van der Waals surface area contributed by atoms with Crippen LogP contribution in [0.25, 0.3) is 0 Å². The number of carbonyl (C=O) groups excluding carboxylic acids is 1. The highest BCUT2D eigenvalue weighted by atomic mass is 32.1. The SMILES string of the molecule is CCN1CC(S)N(C(C)C)C1=O. The van der Waals surface area contributed by atoms with E-state index in [0.29, 0.717) is 0 Å². The van der Waals surface area contributed by atoms with Crippen molar-refractivity contribution in [1.82, 2.24) is 9.80 Å². The minimum absolute atomic E-state index is 0.0671. The van der Waals surface area contributed by atoms with Gasteiger partial charge in [0.25, 0.3) is 0 Å². The first-order chi connectivity index (χ1) is 5.57. The molecule has 1 saturated heterocycles. The second-order valence-electron chi connectivity index (χ2n) is 3.30. The van der Waals surface area contributed by atoms with Crippen molar-refractivity contribution in [2.75, 3.05) is 13.1 Å². The molecule has 1 atom stereocenters. The van der Waals surface area contributed by atoms with Crippen molar-refractivity contribution in [3.05, 3.63) is 0 Å². The Kier molecular flexibility index (Phi) is 2.88. The topological polar surface area (TPSA) is 23.6 Å². The van der Waals surface area contributed by atoms with E-state index in [0.717, 1.165) is 13.1 Å². The lowest BCUT2D eigenvalue weighted by atomic mass is 10.3. The summed E-state index contributed by atoms with van der Waals surface area (Å²) in [5.41, 5.74) is 0. The van der Waals surface area contributed by atoms with Gasteiger partial charge in [0.05, 0.1) is 11.9 Å². The molecule has 1 heterocycles. The molecule has 0 N–H and O–H groups in total. The first-order valence-corrected chi connectivity index (χ1v) is 4.84. The van der Waals surface area contributed by atoms with Crippen LogP contribution in [0.15, 0.2) is 0 Å². The summed E-state index contributed by atoms with van der Waals surface area (Å²) in [5.74, 6) is 0. The van der Waals surface area contributed by atoms with E-state index in [4.69, 9.17) is 0 Å². The number of likely N-dealkylation sites (N-methyl/N-ethyl adjacent to an activating group) is 1. The van der Waals surface area contributed by atoms with Crippen LogP contribution in [-0.2, 0) is 0 Å². The highest BCUT2D eigenvalue weighted by molar-refractivity contribution is 7.81. The lowest BCUT2D eigenvalue weighted by molar-refractivity contribution is 0.182. The minimum atomic E-state index is 0.0671. The van der Waals surface area contributed by atoms with Gasteiger partial charge in [-0.3, -0.25) is 0 Å². The Bertz CT molecular complexity index is 184. The summed E-state index contributed by atoms with van der Waals surface area (Å²) in [4.78, 5) is 15.2. The van der Waals surface area contributed by atoms with Crippen molar-refractivity contribution < 1.29 is 4.79 Å². The summed E-state index contributed by atoms with van der Waals surface area (Å²) < 4.78 is 0. The molecule has 1 rings (SSSR count). The Balaban J connectivity index is 2.70. The molecule has 0 spiro atoms. The van der Waals surface area contributed by atoms with Gasteiger partial charge in [0.2, 0.25) is 0 Å². The van der Waals surface area contributed by atoms with Gasteiger partial charge in [-0.2, -0.15) is 12.6 Å². The first kappa shape index (κ1) is 9.71. The summed E-state index contributed by atoms with van der Waals surface area (Å²) in [5, 5.41) is 0.0671. The molecule has 0 aromatic carbocycles. The number of nitrogens with zero attached hydrogens (tertiary/aromatic N) is 2. The van der Waals surface area contributed by atoms with E-state index in [9.17, 15) is 4.79 Å². The van der Waals surface area contributed by atoms with Crippen LogP contribution in [0.4, 0.5) is 4.79 Å². The number of rotatable bonds is 2. The summed E-state index contributed by atoms with van der Waals surface area (Å²) in [6.45, 7) is 7.54. The van der Waals surface area contributed by atoms with Gasteiger partial charge in [-0.15, -0.1) is 0 Å². The van der Waals surface area contributed by atoms with Crippen molar-refractivity contribution in [2.45, 2.75) is 32.2 Å². The van der Waals surface area contributed by atoms with Crippen LogP contribution < -0.4 is 0 Å². The Hall–Kier alpha value is -0.380. The van der Waals surface area contributed by atoms with Crippen LogP contribution in [-0.4, -0.2) is 40.3 Å². The highest BCUT2D eigenvalue weighted by Crippen LogP contribution is 2.20. The van der Waals surface area contributed by atoms with Crippen LogP contribution in [0.1, 0.15) is 20.8 Å². The monoisotopic (exact) mass is 188 g/mol. The van der Waals surface area contributed by atoms with Crippen LogP contribution in [0.5, 0.6) is 0 Å². The van der Waals surface area contributed by atoms with Gasteiger partial charge in [0.15, 0.2) is 0 Å². The molecule has 1 aliphatic rings. The van der Waals surface area contributed by atoms with Gasteiger partial charge in [0.1, 0.15) is 0 Å². The molecule has 0 aliphatic carbocycles. The molecule has 4 heteroatoms. The molecule has 0 saturated carbocycles. The maximum absolute atomic E-state index is 11.6. The Morgan fingerprint density at radius 2 is 2.25 bits per heavy atom. The van der Waals surface area contributed by atoms with Gasteiger partial charge in [-0.25, -0.2) is 4.79 Å². The van der Waals surface area contributed by atoms with Gasteiger partial charge in [-0.1, -0.05) is 0 Å². The summed E-state index contributed by atoms with van der Waals surface area (Å²) in [6, 6.07) is 0.365. The quantitative estimate of drug-likeness (QED) is 0.651. The normalized spacial score (nSPS) is 24.4. The average molecular weight is 188 g/mol. The maximum atomic E-state index is 11.6. The number of hydrogen-bond donors (Lipinski definition) is 1. The zero-order valence-electron chi connectivity index (χ0n) is 7.82. The van der Waals surface area contributed by atoms with Crippen molar-refractivity contribution in [1.29, 1.82) is 0 Å². The lowest BCUT2D eigenvalue weighted by Crippen LogP contribution is -2.38. The Labute approximate surface area is 79.1 Å². The molecular formula is C8H16N2OS. The van der Waals surface area contributed by atoms with Crippen molar-refractivity contribution in [3.63, 3.8) is 0 Å². The number of amides is 2. The predicted octanol–water partition coefficient (Wildman–Crippen LogP) is 1.41. The molecule has 2 amide bonds. The van der Waals surface area contributed by atoms with Crippen molar-refractivity contribution in [3.8, 4) is 0 Å². The van der Waals surface area contributed by atoms with Gasteiger partial charge < -0.3 is 9.80 Å². The lowest BCUT2D eigenvalue weighted by Gasteiger charge is -2.23. The minimum Gasteiger partial charge on any atom is -0.322 e. The summed E-state index contributed by atoms with van der Waals surface area (Å²) in [7, 11) is 0. The Morgan fingerprint density at radius 1 is 1.67 bits per heavy atom. The van der Waals surface area contributed by atoms with Crippen LogP contribution in [0.2, 0.25) is 0 Å². The third-order valence-corrected chi connectivity index (χ3v) is 2.55. The maximum Gasteiger partial charge on any atom is 0.321 e. The highest BCUT2D eigenvalue weighted by Gasteiger charge is 2.35. The molecule has 0 aromatic heterocycles. The average Bonchev–Trinajstić information content (AvgIpc) is 2.25. The third-order valence-electron chi connectivity index (χ3n) is 2.13. The number of hydrogen-bond acceptors (Lipinski definition) is 2. The molecule has 0 bridgehead atoms. The third kappa shape index (κ3) is 1.53. The van der Waals surface area contributed by atoms with Crippen LogP contribution in [0, 0.1) is 0 Å². The van der Waals surface area contributed by atoms with E-state index in [-0.39, 0.29) is 17.4 Å². The fourth-order valence-electron chi connectivity index (χ4n) is 1.48.